The summed E-state index contributed by atoms with van der Waals surface area (Å²) in [6, 6.07) is 30.8. The van der Waals surface area contributed by atoms with Crippen molar-refractivity contribution in [1.82, 2.24) is 9.80 Å². The van der Waals surface area contributed by atoms with E-state index >= 15 is 0 Å². The normalized spacial score (nSPS) is 14.7. The molecule has 0 aliphatic carbocycles. The van der Waals surface area contributed by atoms with E-state index in [2.05, 4.69) is 63.6 Å². The van der Waals surface area contributed by atoms with Gasteiger partial charge in [0.15, 0.2) is 0 Å². The van der Waals surface area contributed by atoms with Crippen LogP contribution in [0.4, 0.5) is 5.69 Å². The van der Waals surface area contributed by atoms with Crippen LogP contribution in [0.15, 0.2) is 91.0 Å². The minimum absolute atomic E-state index is 0.0333. The molecule has 1 saturated heterocycles. The van der Waals surface area contributed by atoms with Crippen LogP contribution in [0.3, 0.4) is 0 Å². The third-order valence-corrected chi connectivity index (χ3v) is 7.88. The van der Waals surface area contributed by atoms with Crippen molar-refractivity contribution in [2.24, 2.45) is 0 Å². The van der Waals surface area contributed by atoms with Gasteiger partial charge in [0.25, 0.3) is 5.91 Å². The van der Waals surface area contributed by atoms with Crippen molar-refractivity contribution >= 4 is 22.9 Å². The Bertz CT molecular complexity index is 1320. The van der Waals surface area contributed by atoms with Gasteiger partial charge in [-0.25, -0.2) is 0 Å². The van der Waals surface area contributed by atoms with Gasteiger partial charge in [0, 0.05) is 36.7 Å². The van der Waals surface area contributed by atoms with Crippen LogP contribution >= 0.6 is 11.3 Å². The van der Waals surface area contributed by atoms with Crippen molar-refractivity contribution in [3.05, 3.63) is 117 Å². The second-order valence-corrected chi connectivity index (χ2v) is 11.1. The highest BCUT2D eigenvalue weighted by atomic mass is 32.1. The number of nitrogens with zero attached hydrogens (tertiary/aromatic N) is 2. The molecule has 6 heteroatoms. The minimum atomic E-state index is -0.0333. The molecule has 0 saturated carbocycles. The topological polar surface area (TPSA) is 44.8 Å². The van der Waals surface area contributed by atoms with Crippen molar-refractivity contribution in [1.29, 1.82) is 0 Å². The average molecular weight is 526 g/mol. The first-order valence-electron chi connectivity index (χ1n) is 13.3. The zero-order valence-electron chi connectivity index (χ0n) is 21.9. The molecule has 4 aromatic rings. The summed E-state index contributed by atoms with van der Waals surface area (Å²) in [4.78, 5) is 19.7. The monoisotopic (exact) mass is 525 g/mol. The van der Waals surface area contributed by atoms with E-state index in [1.807, 2.05) is 49.4 Å². The van der Waals surface area contributed by atoms with Gasteiger partial charge in [-0.3, -0.25) is 14.6 Å². The number of hydrogen-bond acceptors (Lipinski definition) is 5. The summed E-state index contributed by atoms with van der Waals surface area (Å²) in [5.41, 5.74) is 4.54. The summed E-state index contributed by atoms with van der Waals surface area (Å²) in [7, 11) is 0. The van der Waals surface area contributed by atoms with Crippen LogP contribution in [0.1, 0.15) is 37.7 Å². The standard InChI is InChI=1S/C32H35N3O2S/c1-25-12-17-31(38-25)32(36)33-30-11-6-5-10-28(30)23-35-19-7-18-34(20-21-35)22-26-13-15-29(16-14-26)37-24-27-8-3-2-4-9-27/h2-6,8-17H,7,18-24H2,1H3,(H,33,36). The van der Waals surface area contributed by atoms with Gasteiger partial charge in [0.1, 0.15) is 12.4 Å². The molecular weight excluding hydrogens is 490 g/mol. The molecule has 0 spiro atoms. The van der Waals surface area contributed by atoms with Crippen LogP contribution in [0.25, 0.3) is 0 Å². The lowest BCUT2D eigenvalue weighted by molar-refractivity contribution is 0.103. The van der Waals surface area contributed by atoms with E-state index in [9.17, 15) is 4.79 Å². The number of benzene rings is 3. The van der Waals surface area contributed by atoms with Gasteiger partial charge in [0.05, 0.1) is 4.88 Å². The third kappa shape index (κ3) is 7.32. The fraction of sp³-hybridized carbons (Fsp3) is 0.281. The molecule has 1 aliphatic heterocycles. The van der Waals surface area contributed by atoms with Gasteiger partial charge in [-0.2, -0.15) is 0 Å². The first kappa shape index (κ1) is 26.2. The summed E-state index contributed by atoms with van der Waals surface area (Å²) in [6.07, 6.45) is 1.13. The molecule has 0 bridgehead atoms. The van der Waals surface area contributed by atoms with E-state index in [-0.39, 0.29) is 5.91 Å². The summed E-state index contributed by atoms with van der Waals surface area (Å²) < 4.78 is 5.94. The van der Waals surface area contributed by atoms with Crippen molar-refractivity contribution in [2.45, 2.75) is 33.0 Å². The SMILES string of the molecule is Cc1ccc(C(=O)Nc2ccccc2CN2CCCN(Cc3ccc(OCc4ccccc4)cc3)CC2)s1. The Morgan fingerprint density at radius 3 is 2.24 bits per heavy atom. The fourth-order valence-electron chi connectivity index (χ4n) is 4.79. The van der Waals surface area contributed by atoms with E-state index < -0.39 is 0 Å². The number of anilines is 1. The van der Waals surface area contributed by atoms with Gasteiger partial charge in [-0.1, -0.05) is 60.7 Å². The van der Waals surface area contributed by atoms with E-state index in [1.165, 1.54) is 22.5 Å². The highest BCUT2D eigenvalue weighted by Crippen LogP contribution is 2.22. The Morgan fingerprint density at radius 2 is 1.50 bits per heavy atom. The number of carbonyl (C=O) groups excluding carboxylic acids is 1. The number of rotatable bonds is 9. The van der Waals surface area contributed by atoms with Crippen LogP contribution in [0.5, 0.6) is 5.75 Å². The maximum absolute atomic E-state index is 12.7. The van der Waals surface area contributed by atoms with Crippen LogP contribution in [0, 0.1) is 6.92 Å². The molecule has 1 N–H and O–H groups in total. The van der Waals surface area contributed by atoms with Crippen LogP contribution < -0.4 is 10.1 Å². The summed E-state index contributed by atoms with van der Waals surface area (Å²) >= 11 is 1.53. The molecule has 1 amide bonds. The van der Waals surface area contributed by atoms with E-state index in [1.54, 1.807) is 0 Å². The van der Waals surface area contributed by atoms with Crippen molar-refractivity contribution < 1.29 is 9.53 Å². The molecule has 0 atom stereocenters. The van der Waals surface area contributed by atoms with Gasteiger partial charge in [-0.15, -0.1) is 11.3 Å². The summed E-state index contributed by atoms with van der Waals surface area (Å²) in [5, 5.41) is 3.13. The second-order valence-electron chi connectivity index (χ2n) is 9.85. The number of nitrogens with one attached hydrogen (secondary N) is 1. The van der Waals surface area contributed by atoms with Gasteiger partial charge in [0.2, 0.25) is 0 Å². The van der Waals surface area contributed by atoms with Gasteiger partial charge in [-0.05, 0) is 73.5 Å². The molecule has 1 aliphatic rings. The number of ether oxygens (including phenoxy) is 1. The zero-order valence-corrected chi connectivity index (χ0v) is 22.8. The first-order valence-corrected chi connectivity index (χ1v) is 14.1. The predicted molar refractivity (Wildman–Crippen MR) is 156 cm³/mol. The molecule has 5 rings (SSSR count). The number of para-hydroxylation sites is 1. The minimum Gasteiger partial charge on any atom is -0.489 e. The molecule has 1 aromatic heterocycles. The number of carbonyl (C=O) groups is 1. The Balaban J connectivity index is 1.12. The molecule has 38 heavy (non-hydrogen) atoms. The molecule has 2 heterocycles. The third-order valence-electron chi connectivity index (χ3n) is 6.88. The Hall–Kier alpha value is -3.45. The smallest absolute Gasteiger partial charge is 0.265 e. The van der Waals surface area contributed by atoms with E-state index in [4.69, 9.17) is 4.74 Å². The lowest BCUT2D eigenvalue weighted by Crippen LogP contribution is -2.30. The van der Waals surface area contributed by atoms with Gasteiger partial charge >= 0.3 is 0 Å². The summed E-state index contributed by atoms with van der Waals surface area (Å²) in [5.74, 6) is 0.869. The van der Waals surface area contributed by atoms with Crippen molar-refractivity contribution in [3.8, 4) is 5.75 Å². The largest absolute Gasteiger partial charge is 0.489 e. The lowest BCUT2D eigenvalue weighted by Gasteiger charge is -2.23. The molecule has 196 valence electrons. The highest BCUT2D eigenvalue weighted by molar-refractivity contribution is 7.14. The number of thiophene rings is 1. The molecule has 3 aromatic carbocycles. The van der Waals surface area contributed by atoms with Gasteiger partial charge < -0.3 is 10.1 Å². The zero-order chi connectivity index (χ0) is 26.2. The predicted octanol–water partition coefficient (Wildman–Crippen LogP) is 6.60. The van der Waals surface area contributed by atoms with E-state index in [0.29, 0.717) is 6.61 Å². The molecule has 0 unspecified atom stereocenters. The van der Waals surface area contributed by atoms with E-state index in [0.717, 1.165) is 72.4 Å². The molecule has 1 fully saturated rings. The van der Waals surface area contributed by atoms with Crippen molar-refractivity contribution in [2.75, 3.05) is 31.5 Å². The number of hydrogen-bond donors (Lipinski definition) is 1. The second kappa shape index (κ2) is 12.9. The Morgan fingerprint density at radius 1 is 0.789 bits per heavy atom. The Labute approximate surface area is 229 Å². The van der Waals surface area contributed by atoms with Crippen LogP contribution in [0.2, 0.25) is 0 Å². The molecular formula is C32H35N3O2S. The van der Waals surface area contributed by atoms with Crippen LogP contribution in [-0.2, 0) is 19.7 Å². The number of aryl methyl sites for hydroxylation is 1. The first-order chi connectivity index (χ1) is 18.6. The molecule has 5 nitrogen and oxygen atoms in total. The maximum atomic E-state index is 12.7. The number of amides is 1. The lowest BCUT2D eigenvalue weighted by atomic mass is 10.1. The quantitative estimate of drug-likeness (QED) is 0.268. The Kier molecular flexibility index (Phi) is 8.86. The maximum Gasteiger partial charge on any atom is 0.265 e. The fourth-order valence-corrected chi connectivity index (χ4v) is 5.56. The highest BCUT2D eigenvalue weighted by Gasteiger charge is 2.17. The molecule has 0 radical (unpaired) electrons. The van der Waals surface area contributed by atoms with Crippen LogP contribution in [-0.4, -0.2) is 41.9 Å². The average Bonchev–Trinajstić information content (AvgIpc) is 3.27. The van der Waals surface area contributed by atoms with Crippen molar-refractivity contribution in [3.63, 3.8) is 0 Å². The summed E-state index contributed by atoms with van der Waals surface area (Å²) in [6.45, 7) is 8.55.